The van der Waals surface area contributed by atoms with Crippen molar-refractivity contribution in [1.29, 1.82) is 0 Å². The van der Waals surface area contributed by atoms with Gasteiger partial charge in [-0.2, -0.15) is 0 Å². The maximum atomic E-state index is 11.1. The zero-order valence-corrected chi connectivity index (χ0v) is 8.20. The van der Waals surface area contributed by atoms with Crippen LogP contribution >= 0.6 is 11.8 Å². The smallest absolute Gasteiger partial charge is 0.230 e. The van der Waals surface area contributed by atoms with Gasteiger partial charge < -0.3 is 4.90 Å². The highest BCUT2D eigenvalue weighted by Crippen LogP contribution is 2.45. The molecule has 1 atom stereocenters. The van der Waals surface area contributed by atoms with Crippen LogP contribution in [0.3, 0.4) is 0 Å². The van der Waals surface area contributed by atoms with Gasteiger partial charge in [-0.05, 0) is 12.1 Å². The first-order chi connectivity index (χ1) is 6.84. The molecule has 1 fully saturated rings. The fourth-order valence-corrected chi connectivity index (χ4v) is 2.82. The van der Waals surface area contributed by atoms with Crippen LogP contribution in [0.15, 0.2) is 30.6 Å². The molecule has 2 aliphatic rings. The Kier molecular flexibility index (Phi) is 1.64. The Hall–Kier alpha value is -1.29. The highest BCUT2D eigenvalue weighted by atomic mass is 32.2. The number of rotatable bonds is 1. The van der Waals surface area contributed by atoms with Crippen LogP contribution < -0.4 is 0 Å². The standard InChI is InChI=1S/C10H8N2OS/c13-9-5-10-12(9)6-8(14-10)7-3-1-2-4-11-7/h1-4,6,10H,5H2/t10-/m1/s1. The summed E-state index contributed by atoms with van der Waals surface area (Å²) in [4.78, 5) is 18.3. The summed E-state index contributed by atoms with van der Waals surface area (Å²) >= 11 is 1.72. The molecule has 2 aliphatic heterocycles. The molecule has 4 heteroatoms. The van der Waals surface area contributed by atoms with E-state index in [1.165, 1.54) is 0 Å². The van der Waals surface area contributed by atoms with E-state index in [1.54, 1.807) is 22.9 Å². The lowest BCUT2D eigenvalue weighted by Gasteiger charge is -2.31. The molecule has 0 aliphatic carbocycles. The summed E-state index contributed by atoms with van der Waals surface area (Å²) in [6.45, 7) is 0. The van der Waals surface area contributed by atoms with Gasteiger partial charge in [0.15, 0.2) is 0 Å². The number of carbonyl (C=O) groups is 1. The molecular formula is C10H8N2OS. The predicted octanol–water partition coefficient (Wildman–Crippen LogP) is 1.69. The number of β-lactam (4-membered cyclic amide) rings is 1. The normalized spacial score (nSPS) is 24.3. The van der Waals surface area contributed by atoms with Crippen LogP contribution in [0.2, 0.25) is 0 Å². The Bertz CT molecular complexity index is 415. The molecule has 1 aromatic heterocycles. The van der Waals surface area contributed by atoms with Crippen LogP contribution in [0.25, 0.3) is 4.91 Å². The second kappa shape index (κ2) is 2.85. The summed E-state index contributed by atoms with van der Waals surface area (Å²) in [6, 6.07) is 5.82. The third-order valence-electron chi connectivity index (χ3n) is 2.38. The van der Waals surface area contributed by atoms with Gasteiger partial charge in [-0.15, -0.1) is 0 Å². The minimum Gasteiger partial charge on any atom is -0.304 e. The second-order valence-electron chi connectivity index (χ2n) is 3.29. The number of nitrogens with zero attached hydrogens (tertiary/aromatic N) is 2. The third kappa shape index (κ3) is 1.07. The van der Waals surface area contributed by atoms with Crippen molar-refractivity contribution < 1.29 is 4.79 Å². The van der Waals surface area contributed by atoms with Crippen molar-refractivity contribution in [2.45, 2.75) is 11.8 Å². The highest BCUT2D eigenvalue weighted by molar-refractivity contribution is 8.09. The molecule has 14 heavy (non-hydrogen) atoms. The van der Waals surface area contributed by atoms with Gasteiger partial charge in [0.2, 0.25) is 5.91 Å². The molecule has 70 valence electrons. The van der Waals surface area contributed by atoms with E-state index in [0.29, 0.717) is 11.8 Å². The Morgan fingerprint density at radius 2 is 2.43 bits per heavy atom. The molecule has 0 radical (unpaired) electrons. The van der Waals surface area contributed by atoms with Gasteiger partial charge >= 0.3 is 0 Å². The average Bonchev–Trinajstić information content (AvgIpc) is 2.57. The zero-order chi connectivity index (χ0) is 9.54. The Morgan fingerprint density at radius 1 is 1.50 bits per heavy atom. The van der Waals surface area contributed by atoms with E-state index in [0.717, 1.165) is 10.6 Å². The first kappa shape index (κ1) is 8.05. The van der Waals surface area contributed by atoms with E-state index in [1.807, 2.05) is 24.4 Å². The summed E-state index contributed by atoms with van der Waals surface area (Å²) in [5, 5.41) is 0.333. The van der Waals surface area contributed by atoms with Crippen LogP contribution in [0.4, 0.5) is 0 Å². The molecule has 0 N–H and O–H groups in total. The monoisotopic (exact) mass is 204 g/mol. The van der Waals surface area contributed by atoms with Crippen molar-refractivity contribution >= 4 is 22.6 Å². The van der Waals surface area contributed by atoms with Gasteiger partial charge in [0.05, 0.1) is 22.4 Å². The van der Waals surface area contributed by atoms with Gasteiger partial charge in [0.25, 0.3) is 0 Å². The van der Waals surface area contributed by atoms with Gasteiger partial charge in [0.1, 0.15) is 0 Å². The molecule has 3 nitrogen and oxygen atoms in total. The number of aromatic nitrogens is 1. The van der Waals surface area contributed by atoms with Crippen molar-refractivity contribution in [2.75, 3.05) is 0 Å². The molecule has 3 rings (SSSR count). The minimum absolute atomic E-state index is 0.216. The largest absolute Gasteiger partial charge is 0.304 e. The molecule has 0 unspecified atom stereocenters. The third-order valence-corrected chi connectivity index (χ3v) is 3.62. The number of hydrogen-bond acceptors (Lipinski definition) is 3. The topological polar surface area (TPSA) is 33.2 Å². The maximum absolute atomic E-state index is 11.1. The van der Waals surface area contributed by atoms with Crippen LogP contribution in [0.1, 0.15) is 12.1 Å². The van der Waals surface area contributed by atoms with Crippen LogP contribution in [-0.4, -0.2) is 21.2 Å². The molecule has 1 amide bonds. The molecule has 1 saturated heterocycles. The second-order valence-corrected chi connectivity index (χ2v) is 4.51. The first-order valence-corrected chi connectivity index (χ1v) is 5.33. The average molecular weight is 204 g/mol. The lowest BCUT2D eigenvalue weighted by Crippen LogP contribution is -2.44. The van der Waals surface area contributed by atoms with Crippen molar-refractivity contribution in [3.05, 3.63) is 36.3 Å². The van der Waals surface area contributed by atoms with E-state index in [-0.39, 0.29) is 5.91 Å². The number of carbonyl (C=O) groups excluding carboxylic acids is 1. The van der Waals surface area contributed by atoms with Crippen molar-refractivity contribution in [3.8, 4) is 0 Å². The summed E-state index contributed by atoms with van der Waals surface area (Å²) in [5.74, 6) is 0.216. The van der Waals surface area contributed by atoms with Crippen LogP contribution in [-0.2, 0) is 4.79 Å². The minimum atomic E-state index is 0.216. The Morgan fingerprint density at radius 3 is 3.07 bits per heavy atom. The number of hydrogen-bond donors (Lipinski definition) is 0. The fourth-order valence-electron chi connectivity index (χ4n) is 1.59. The van der Waals surface area contributed by atoms with Crippen molar-refractivity contribution in [2.24, 2.45) is 0 Å². The van der Waals surface area contributed by atoms with E-state index in [9.17, 15) is 4.79 Å². The molecule has 3 heterocycles. The van der Waals surface area contributed by atoms with Crippen molar-refractivity contribution in [1.82, 2.24) is 9.88 Å². The number of thioether (sulfide) groups is 1. The number of amides is 1. The van der Waals surface area contributed by atoms with E-state index < -0.39 is 0 Å². The summed E-state index contributed by atoms with van der Waals surface area (Å²) in [5.41, 5.74) is 0.958. The zero-order valence-electron chi connectivity index (χ0n) is 7.38. The molecule has 0 aromatic carbocycles. The highest BCUT2D eigenvalue weighted by Gasteiger charge is 2.40. The Balaban J connectivity index is 1.92. The van der Waals surface area contributed by atoms with Gasteiger partial charge in [-0.3, -0.25) is 9.78 Å². The molecule has 0 bridgehead atoms. The number of pyridine rings is 1. The van der Waals surface area contributed by atoms with E-state index in [4.69, 9.17) is 0 Å². The molecular weight excluding hydrogens is 196 g/mol. The van der Waals surface area contributed by atoms with Gasteiger partial charge in [0, 0.05) is 12.4 Å². The van der Waals surface area contributed by atoms with Gasteiger partial charge in [-0.25, -0.2) is 0 Å². The predicted molar refractivity (Wildman–Crippen MR) is 55.1 cm³/mol. The molecule has 1 aromatic rings. The van der Waals surface area contributed by atoms with E-state index >= 15 is 0 Å². The Labute approximate surface area is 85.8 Å². The molecule has 0 saturated carbocycles. The van der Waals surface area contributed by atoms with Gasteiger partial charge in [-0.1, -0.05) is 17.8 Å². The first-order valence-electron chi connectivity index (χ1n) is 4.45. The van der Waals surface area contributed by atoms with Crippen LogP contribution in [0.5, 0.6) is 0 Å². The quantitative estimate of drug-likeness (QED) is 0.653. The maximum Gasteiger partial charge on any atom is 0.230 e. The fraction of sp³-hybridized carbons (Fsp3) is 0.200. The summed E-state index contributed by atoms with van der Waals surface area (Å²) in [6.07, 6.45) is 4.34. The lowest BCUT2D eigenvalue weighted by atomic mass is 10.2. The summed E-state index contributed by atoms with van der Waals surface area (Å²) < 4.78 is 0. The SMILES string of the molecule is O=C1C[C@H]2SC(c3ccccn3)=CN12. The molecule has 0 spiro atoms. The number of fused-ring (bicyclic) bond motifs is 1. The van der Waals surface area contributed by atoms with E-state index in [2.05, 4.69) is 4.98 Å². The lowest BCUT2D eigenvalue weighted by molar-refractivity contribution is -0.137. The van der Waals surface area contributed by atoms with Crippen molar-refractivity contribution in [3.63, 3.8) is 0 Å². The summed E-state index contributed by atoms with van der Waals surface area (Å²) in [7, 11) is 0. The van der Waals surface area contributed by atoms with Crippen LogP contribution in [0, 0.1) is 0 Å².